The summed E-state index contributed by atoms with van der Waals surface area (Å²) in [6.45, 7) is 0. The molecule has 0 aliphatic heterocycles. The second kappa shape index (κ2) is 3.19. The van der Waals surface area contributed by atoms with Crippen LogP contribution in [0.25, 0.3) is 0 Å². The zero-order chi connectivity index (χ0) is 4.99. The Labute approximate surface area is 36.2 Å². The van der Waals surface area contributed by atoms with E-state index in [1.807, 2.05) is 0 Å². The summed E-state index contributed by atoms with van der Waals surface area (Å²) in [4.78, 5) is 1.11. The van der Waals surface area contributed by atoms with Gasteiger partial charge < -0.3 is 5.21 Å². The Morgan fingerprint density at radius 1 is 1.83 bits per heavy atom. The SMILES string of the molecule is O=S(NO)OO. The highest BCUT2D eigenvalue weighted by Gasteiger charge is 1.86. The molecule has 0 aromatic rings. The molecule has 0 bridgehead atoms. The highest BCUT2D eigenvalue weighted by atomic mass is 32.2. The fraction of sp³-hybridized carbons (Fsp3) is 0. The minimum atomic E-state index is -2.17. The zero-order valence-corrected chi connectivity index (χ0v) is 3.44. The van der Waals surface area contributed by atoms with Crippen molar-refractivity contribution in [1.29, 1.82) is 0 Å². The van der Waals surface area contributed by atoms with Crippen molar-refractivity contribution in [3.05, 3.63) is 0 Å². The van der Waals surface area contributed by atoms with Gasteiger partial charge in [0.05, 0.1) is 0 Å². The van der Waals surface area contributed by atoms with E-state index in [1.165, 1.54) is 0 Å². The molecule has 0 heterocycles. The van der Waals surface area contributed by atoms with Gasteiger partial charge in [-0.1, -0.05) is 4.89 Å². The summed E-state index contributed by atoms with van der Waals surface area (Å²) in [5.41, 5.74) is 0. The van der Waals surface area contributed by atoms with Crippen LogP contribution in [0.3, 0.4) is 0 Å². The average molecular weight is 113 g/mol. The molecular formula is H3NO4S. The van der Waals surface area contributed by atoms with Crippen LogP contribution in [0.15, 0.2) is 0 Å². The van der Waals surface area contributed by atoms with Crippen LogP contribution < -0.4 is 4.89 Å². The van der Waals surface area contributed by atoms with E-state index in [9.17, 15) is 4.21 Å². The van der Waals surface area contributed by atoms with Gasteiger partial charge in [0.25, 0.3) is 11.3 Å². The van der Waals surface area contributed by atoms with Gasteiger partial charge >= 0.3 is 0 Å². The molecule has 1 unspecified atom stereocenters. The van der Waals surface area contributed by atoms with Gasteiger partial charge in [0.2, 0.25) is 0 Å². The molecule has 0 aromatic heterocycles. The molecule has 0 saturated carbocycles. The van der Waals surface area contributed by atoms with E-state index in [2.05, 4.69) is 4.33 Å². The van der Waals surface area contributed by atoms with Crippen molar-refractivity contribution in [1.82, 2.24) is 4.89 Å². The molecule has 0 aliphatic carbocycles. The van der Waals surface area contributed by atoms with Crippen molar-refractivity contribution in [3.63, 3.8) is 0 Å². The molecule has 6 heteroatoms. The molecule has 0 aromatic carbocycles. The van der Waals surface area contributed by atoms with Crippen LogP contribution in [0, 0.1) is 0 Å². The van der Waals surface area contributed by atoms with E-state index in [1.54, 1.807) is 0 Å². The van der Waals surface area contributed by atoms with Crippen LogP contribution in [0.5, 0.6) is 0 Å². The maximum Gasteiger partial charge on any atom is 0.287 e. The number of rotatable bonds is 2. The minimum absolute atomic E-state index is 1.11. The fourth-order valence-corrected chi connectivity index (χ4v) is 0.0500. The van der Waals surface area contributed by atoms with E-state index in [0.717, 1.165) is 4.89 Å². The third-order valence-corrected chi connectivity index (χ3v) is 0.427. The van der Waals surface area contributed by atoms with Gasteiger partial charge in [-0.25, -0.2) is 9.47 Å². The first kappa shape index (κ1) is 5.99. The van der Waals surface area contributed by atoms with E-state index in [0.29, 0.717) is 0 Å². The van der Waals surface area contributed by atoms with Gasteiger partial charge in [0.1, 0.15) is 0 Å². The lowest BCUT2D eigenvalue weighted by Gasteiger charge is -1.84. The Balaban J connectivity index is 2.99. The Bertz CT molecular complexity index is 45.5. The molecule has 6 heavy (non-hydrogen) atoms. The van der Waals surface area contributed by atoms with E-state index < -0.39 is 11.3 Å². The summed E-state index contributed by atoms with van der Waals surface area (Å²) in [7, 11) is 0. The van der Waals surface area contributed by atoms with Crippen molar-refractivity contribution < 1.29 is 19.0 Å². The fourth-order valence-electron chi connectivity index (χ4n) is 0.0167. The van der Waals surface area contributed by atoms with Gasteiger partial charge in [-0.2, -0.15) is 0 Å². The molecule has 38 valence electrons. The first-order valence-electron chi connectivity index (χ1n) is 0.944. The summed E-state index contributed by atoms with van der Waals surface area (Å²) in [6.07, 6.45) is 0. The molecule has 0 radical (unpaired) electrons. The third-order valence-electron chi connectivity index (χ3n) is 0.142. The maximum atomic E-state index is 9.46. The molecule has 0 saturated heterocycles. The van der Waals surface area contributed by atoms with Crippen LogP contribution in [0.4, 0.5) is 0 Å². The van der Waals surface area contributed by atoms with Crippen molar-refractivity contribution in [3.8, 4) is 0 Å². The largest absolute Gasteiger partial charge is 0.302 e. The molecule has 0 amide bonds. The highest BCUT2D eigenvalue weighted by Crippen LogP contribution is 1.64. The molecule has 0 rings (SSSR count). The molecule has 0 aliphatic rings. The summed E-state index contributed by atoms with van der Waals surface area (Å²) >= 11 is -2.17. The molecule has 3 N–H and O–H groups in total. The smallest absolute Gasteiger partial charge is 0.287 e. The lowest BCUT2D eigenvalue weighted by molar-refractivity contribution is -0.128. The quantitative estimate of drug-likeness (QED) is 0.318. The van der Waals surface area contributed by atoms with Gasteiger partial charge in [0, 0.05) is 0 Å². The van der Waals surface area contributed by atoms with Gasteiger partial charge in [-0.15, -0.1) is 4.33 Å². The topological polar surface area (TPSA) is 78.8 Å². The molecule has 5 nitrogen and oxygen atoms in total. The second-order valence-electron chi connectivity index (χ2n) is 0.401. The first-order chi connectivity index (χ1) is 2.81. The predicted molar refractivity (Wildman–Crippen MR) is 16.8 cm³/mol. The Morgan fingerprint density at radius 3 is 2.33 bits per heavy atom. The van der Waals surface area contributed by atoms with E-state index in [-0.39, 0.29) is 0 Å². The Hall–Kier alpha value is -0.0100. The van der Waals surface area contributed by atoms with Crippen LogP contribution >= 0.6 is 0 Å². The van der Waals surface area contributed by atoms with Crippen LogP contribution in [-0.4, -0.2) is 14.7 Å². The average Bonchev–Trinajstić information content (AvgIpc) is 1.65. The van der Waals surface area contributed by atoms with Crippen molar-refractivity contribution in [2.75, 3.05) is 0 Å². The Morgan fingerprint density at radius 2 is 2.33 bits per heavy atom. The lowest BCUT2D eigenvalue weighted by Crippen LogP contribution is -2.11. The maximum absolute atomic E-state index is 9.46. The van der Waals surface area contributed by atoms with Crippen LogP contribution in [0.2, 0.25) is 0 Å². The summed E-state index contributed by atoms with van der Waals surface area (Å²) in [6, 6.07) is 0. The standard InChI is InChI=1S/H3NO4S/c2-1-6(4)5-3/h1-3H. The monoisotopic (exact) mass is 113 g/mol. The second-order valence-corrected chi connectivity index (χ2v) is 1.20. The zero-order valence-electron chi connectivity index (χ0n) is 2.62. The minimum Gasteiger partial charge on any atom is -0.302 e. The van der Waals surface area contributed by atoms with Gasteiger partial charge in [0.15, 0.2) is 0 Å². The van der Waals surface area contributed by atoms with Crippen LogP contribution in [0.1, 0.15) is 0 Å². The van der Waals surface area contributed by atoms with Crippen molar-refractivity contribution in [2.24, 2.45) is 0 Å². The van der Waals surface area contributed by atoms with E-state index >= 15 is 0 Å². The third kappa shape index (κ3) is 2.24. The molecular weight excluding hydrogens is 110 g/mol. The van der Waals surface area contributed by atoms with Gasteiger partial charge in [-0.3, -0.25) is 0 Å². The predicted octanol–water partition coefficient (Wildman–Crippen LogP) is -0.966. The first-order valence-corrected chi connectivity index (χ1v) is 2.02. The summed E-state index contributed by atoms with van der Waals surface area (Å²) in [5, 5.41) is 14.8. The summed E-state index contributed by atoms with van der Waals surface area (Å²) < 4.78 is 12.5. The molecule has 0 spiro atoms. The normalized spacial score (nSPS) is 14.3. The van der Waals surface area contributed by atoms with Crippen molar-refractivity contribution in [2.45, 2.75) is 0 Å². The van der Waals surface area contributed by atoms with Gasteiger partial charge in [-0.05, 0) is 0 Å². The number of hydrogen-bond donors (Lipinski definition) is 3. The molecule has 1 atom stereocenters. The molecule has 0 fully saturated rings. The van der Waals surface area contributed by atoms with E-state index in [4.69, 9.17) is 10.5 Å². The number of hydrogen-bond acceptors (Lipinski definition) is 4. The van der Waals surface area contributed by atoms with Crippen molar-refractivity contribution >= 4 is 11.3 Å². The Kier molecular flexibility index (Phi) is 3.19. The highest BCUT2D eigenvalue weighted by molar-refractivity contribution is 7.77. The number of nitrogens with one attached hydrogen (secondary N) is 1. The summed E-state index contributed by atoms with van der Waals surface area (Å²) in [5.74, 6) is 0. The van der Waals surface area contributed by atoms with Crippen LogP contribution in [-0.2, 0) is 15.6 Å². The lowest BCUT2D eigenvalue weighted by atomic mass is 13.5.